The molecule has 0 aromatic heterocycles. The minimum Gasteiger partial charge on any atom is -0.494 e. The van der Waals surface area contributed by atoms with Crippen molar-refractivity contribution >= 4 is 5.69 Å². The minimum absolute atomic E-state index is 0.681. The zero-order valence-corrected chi connectivity index (χ0v) is 12.2. The summed E-state index contributed by atoms with van der Waals surface area (Å²) >= 11 is 0. The van der Waals surface area contributed by atoms with Crippen molar-refractivity contribution in [3.63, 3.8) is 0 Å². The van der Waals surface area contributed by atoms with Gasteiger partial charge in [0.15, 0.2) is 0 Å². The van der Waals surface area contributed by atoms with Gasteiger partial charge in [0.1, 0.15) is 5.75 Å². The Morgan fingerprint density at radius 1 is 1.32 bits per heavy atom. The highest BCUT2D eigenvalue weighted by Gasteiger charge is 2.19. The lowest BCUT2D eigenvalue weighted by atomic mass is 10.2. The molecule has 1 aliphatic rings. The first-order chi connectivity index (χ1) is 9.29. The average Bonchev–Trinajstić information content (AvgIpc) is 2.84. The average molecular weight is 262 g/mol. The van der Waals surface area contributed by atoms with Gasteiger partial charge in [-0.3, -0.25) is 0 Å². The van der Waals surface area contributed by atoms with E-state index in [1.54, 1.807) is 0 Å². The Kier molecular flexibility index (Phi) is 5.52. The number of likely N-dealkylation sites (N-methyl/N-ethyl adjacent to an activating group) is 1. The number of nitrogens with zero attached hydrogens (tertiary/aromatic N) is 1. The molecule has 0 spiro atoms. The third-order valence-electron chi connectivity index (χ3n) is 3.83. The summed E-state index contributed by atoms with van der Waals surface area (Å²) in [6.07, 6.45) is 4.93. The second-order valence-electron chi connectivity index (χ2n) is 5.38. The molecule has 1 aliphatic heterocycles. The van der Waals surface area contributed by atoms with E-state index in [4.69, 9.17) is 4.74 Å². The highest BCUT2D eigenvalue weighted by molar-refractivity contribution is 5.46. The largest absolute Gasteiger partial charge is 0.494 e. The van der Waals surface area contributed by atoms with Gasteiger partial charge in [0.25, 0.3) is 0 Å². The zero-order chi connectivity index (χ0) is 13.5. The Hall–Kier alpha value is -1.22. The Balaban J connectivity index is 1.75. The van der Waals surface area contributed by atoms with Gasteiger partial charge in [0.2, 0.25) is 0 Å². The van der Waals surface area contributed by atoms with Crippen LogP contribution in [0.4, 0.5) is 5.69 Å². The van der Waals surface area contributed by atoms with Crippen molar-refractivity contribution in [2.45, 2.75) is 38.6 Å². The first kappa shape index (κ1) is 14.2. The molecule has 0 aliphatic carbocycles. The third kappa shape index (κ3) is 4.43. The lowest BCUT2D eigenvalue weighted by molar-refractivity contribution is 0.309. The van der Waals surface area contributed by atoms with Crippen molar-refractivity contribution in [1.82, 2.24) is 4.90 Å². The molecule has 1 atom stereocenters. The predicted octanol–water partition coefficient (Wildman–Crippen LogP) is 3.37. The summed E-state index contributed by atoms with van der Waals surface area (Å²) in [4.78, 5) is 2.44. The van der Waals surface area contributed by atoms with Crippen LogP contribution < -0.4 is 10.1 Å². The second-order valence-corrected chi connectivity index (χ2v) is 5.38. The van der Waals surface area contributed by atoms with Gasteiger partial charge >= 0.3 is 0 Å². The van der Waals surface area contributed by atoms with Gasteiger partial charge in [-0.15, -0.1) is 0 Å². The van der Waals surface area contributed by atoms with Crippen molar-refractivity contribution in [3.8, 4) is 5.75 Å². The van der Waals surface area contributed by atoms with E-state index in [1.807, 2.05) is 0 Å². The molecule has 1 aromatic rings. The van der Waals surface area contributed by atoms with Crippen LogP contribution in [0, 0.1) is 0 Å². The molecule has 3 nitrogen and oxygen atoms in total. The molecular weight excluding hydrogens is 236 g/mol. The number of anilines is 1. The summed E-state index contributed by atoms with van der Waals surface area (Å²) in [5, 5.41) is 3.51. The Morgan fingerprint density at radius 3 is 2.74 bits per heavy atom. The van der Waals surface area contributed by atoms with Crippen molar-refractivity contribution in [2.75, 3.05) is 32.1 Å². The molecule has 1 saturated heterocycles. The number of likely N-dealkylation sites (tertiary alicyclic amines) is 1. The van der Waals surface area contributed by atoms with Crippen LogP contribution in [0.2, 0.25) is 0 Å². The summed E-state index contributed by atoms with van der Waals surface area (Å²) in [6.45, 7) is 5.26. The molecule has 1 N–H and O–H groups in total. The minimum atomic E-state index is 0.681. The van der Waals surface area contributed by atoms with E-state index >= 15 is 0 Å². The van der Waals surface area contributed by atoms with Crippen molar-refractivity contribution in [3.05, 3.63) is 24.3 Å². The molecule has 19 heavy (non-hydrogen) atoms. The van der Waals surface area contributed by atoms with Gasteiger partial charge < -0.3 is 15.0 Å². The fourth-order valence-corrected chi connectivity index (χ4v) is 2.48. The zero-order valence-electron chi connectivity index (χ0n) is 12.2. The highest BCUT2D eigenvalue weighted by Crippen LogP contribution is 2.18. The summed E-state index contributed by atoms with van der Waals surface area (Å²) in [7, 11) is 2.21. The maximum absolute atomic E-state index is 5.66. The van der Waals surface area contributed by atoms with Crippen LogP contribution in [-0.4, -0.2) is 37.7 Å². The first-order valence-corrected chi connectivity index (χ1v) is 7.46. The Bertz CT molecular complexity index is 364. The number of hydrogen-bond acceptors (Lipinski definition) is 3. The van der Waals surface area contributed by atoms with Crippen LogP contribution in [0.5, 0.6) is 5.75 Å². The van der Waals surface area contributed by atoms with Gasteiger partial charge in [-0.25, -0.2) is 0 Å². The fraction of sp³-hybridized carbons (Fsp3) is 0.625. The summed E-state index contributed by atoms with van der Waals surface area (Å²) in [6, 6.07) is 9.00. The molecule has 1 heterocycles. The summed E-state index contributed by atoms with van der Waals surface area (Å²) in [5.41, 5.74) is 1.18. The molecule has 0 bridgehead atoms. The monoisotopic (exact) mass is 262 g/mol. The predicted molar refractivity (Wildman–Crippen MR) is 81.0 cm³/mol. The lowest BCUT2D eigenvalue weighted by Crippen LogP contribution is -2.31. The van der Waals surface area contributed by atoms with Gasteiger partial charge in [-0.2, -0.15) is 0 Å². The number of nitrogens with one attached hydrogen (secondary N) is 1. The van der Waals surface area contributed by atoms with E-state index < -0.39 is 0 Å². The van der Waals surface area contributed by atoms with Gasteiger partial charge in [-0.1, -0.05) is 13.3 Å². The molecule has 106 valence electrons. The van der Waals surface area contributed by atoms with Crippen LogP contribution in [0.1, 0.15) is 32.6 Å². The fourth-order valence-electron chi connectivity index (χ4n) is 2.48. The Morgan fingerprint density at radius 2 is 2.11 bits per heavy atom. The van der Waals surface area contributed by atoms with Gasteiger partial charge in [-0.05, 0) is 57.1 Å². The number of ether oxygens (including phenoxy) is 1. The topological polar surface area (TPSA) is 24.5 Å². The molecule has 0 saturated carbocycles. The van der Waals surface area contributed by atoms with E-state index in [9.17, 15) is 0 Å². The number of benzene rings is 1. The van der Waals surface area contributed by atoms with Gasteiger partial charge in [0.05, 0.1) is 6.61 Å². The van der Waals surface area contributed by atoms with Crippen molar-refractivity contribution in [1.29, 1.82) is 0 Å². The first-order valence-electron chi connectivity index (χ1n) is 7.46. The van der Waals surface area contributed by atoms with E-state index in [0.717, 1.165) is 25.3 Å². The van der Waals surface area contributed by atoms with E-state index in [2.05, 4.69) is 48.5 Å². The molecule has 0 radical (unpaired) electrons. The van der Waals surface area contributed by atoms with Crippen LogP contribution in [0.3, 0.4) is 0 Å². The molecule has 1 fully saturated rings. The van der Waals surface area contributed by atoms with Gasteiger partial charge in [0, 0.05) is 18.3 Å². The van der Waals surface area contributed by atoms with Crippen molar-refractivity contribution in [2.24, 2.45) is 0 Å². The summed E-state index contributed by atoms with van der Waals surface area (Å²) in [5.74, 6) is 0.969. The SMILES string of the molecule is CCCCOc1ccc(NCC2CCCN2C)cc1. The number of unbranched alkanes of at least 4 members (excludes halogenated alkanes) is 1. The van der Waals surface area contributed by atoms with Crippen molar-refractivity contribution < 1.29 is 4.74 Å². The van der Waals surface area contributed by atoms with E-state index in [1.165, 1.54) is 31.5 Å². The molecular formula is C16H26N2O. The molecule has 0 amide bonds. The molecule has 2 rings (SSSR count). The molecule has 3 heteroatoms. The maximum atomic E-state index is 5.66. The maximum Gasteiger partial charge on any atom is 0.119 e. The van der Waals surface area contributed by atoms with Crippen LogP contribution in [-0.2, 0) is 0 Å². The molecule has 1 unspecified atom stereocenters. The highest BCUT2D eigenvalue weighted by atomic mass is 16.5. The molecule has 1 aromatic carbocycles. The number of hydrogen-bond donors (Lipinski definition) is 1. The summed E-state index contributed by atoms with van der Waals surface area (Å²) < 4.78 is 5.66. The number of rotatable bonds is 7. The van der Waals surface area contributed by atoms with Crippen LogP contribution >= 0.6 is 0 Å². The van der Waals surface area contributed by atoms with Crippen LogP contribution in [0.15, 0.2) is 24.3 Å². The third-order valence-corrected chi connectivity index (χ3v) is 3.83. The smallest absolute Gasteiger partial charge is 0.119 e. The second kappa shape index (κ2) is 7.39. The van der Waals surface area contributed by atoms with E-state index in [0.29, 0.717) is 6.04 Å². The normalized spacial score (nSPS) is 19.6. The standard InChI is InChI=1S/C16H26N2O/c1-3-4-12-19-16-9-7-14(8-10-16)17-13-15-6-5-11-18(15)2/h7-10,15,17H,3-6,11-13H2,1-2H3. The van der Waals surface area contributed by atoms with E-state index in [-0.39, 0.29) is 0 Å². The quantitative estimate of drug-likeness (QED) is 0.762. The van der Waals surface area contributed by atoms with Crippen LogP contribution in [0.25, 0.3) is 0 Å². The lowest BCUT2D eigenvalue weighted by Gasteiger charge is -2.20. The Labute approximate surface area is 116 Å².